The van der Waals surface area contributed by atoms with E-state index in [-0.39, 0.29) is 0 Å². The van der Waals surface area contributed by atoms with Crippen LogP contribution in [0.25, 0.3) is 0 Å². The second kappa shape index (κ2) is 8.41. The van der Waals surface area contributed by atoms with E-state index in [9.17, 15) is 0 Å². The predicted molar refractivity (Wildman–Crippen MR) is 45.8 cm³/mol. The van der Waals surface area contributed by atoms with E-state index >= 15 is 0 Å². The van der Waals surface area contributed by atoms with Crippen molar-refractivity contribution < 1.29 is 0 Å². The van der Waals surface area contributed by atoms with E-state index in [0.29, 0.717) is 5.88 Å². The second-order valence-electron chi connectivity index (χ2n) is 1.75. The van der Waals surface area contributed by atoms with Gasteiger partial charge in [-0.1, -0.05) is 18.8 Å². The van der Waals surface area contributed by atoms with Crippen molar-refractivity contribution >= 4 is 11.6 Å². The van der Waals surface area contributed by atoms with Crippen LogP contribution in [0.1, 0.15) is 26.2 Å². The molecule has 0 amide bonds. The van der Waals surface area contributed by atoms with Crippen molar-refractivity contribution in [3.05, 3.63) is 0 Å². The van der Waals surface area contributed by atoms with Crippen molar-refractivity contribution in [2.45, 2.75) is 26.2 Å². The van der Waals surface area contributed by atoms with Crippen molar-refractivity contribution in [2.75, 3.05) is 5.88 Å². The maximum atomic E-state index is 5.44. The lowest BCUT2D eigenvalue weighted by molar-refractivity contribution is 0.992. The molecule has 0 N–H and O–H groups in total. The summed E-state index contributed by atoms with van der Waals surface area (Å²) in [7, 11) is 0. The van der Waals surface area contributed by atoms with Gasteiger partial charge in [-0.15, -0.1) is 11.6 Å². The highest BCUT2D eigenvalue weighted by Crippen LogP contribution is 1.87. The molecule has 0 nitrogen and oxygen atoms in total. The van der Waals surface area contributed by atoms with E-state index in [1.807, 2.05) is 6.92 Å². The van der Waals surface area contributed by atoms with Crippen LogP contribution in [0.5, 0.6) is 0 Å². The van der Waals surface area contributed by atoms with Crippen molar-refractivity contribution in [1.82, 2.24) is 0 Å². The first-order chi connectivity index (χ1) is 4.91. The Morgan fingerprint density at radius 2 is 1.90 bits per heavy atom. The van der Waals surface area contributed by atoms with Gasteiger partial charge in [-0.2, -0.15) is 0 Å². The van der Waals surface area contributed by atoms with Crippen molar-refractivity contribution in [1.29, 1.82) is 0 Å². The van der Waals surface area contributed by atoms with Crippen LogP contribution in [0, 0.1) is 23.7 Å². The molecule has 0 aliphatic rings. The summed E-state index contributed by atoms with van der Waals surface area (Å²) in [6.45, 7) is 2.01. The monoisotopic (exact) mass is 154 g/mol. The molecule has 0 spiro atoms. The minimum atomic E-state index is 0.690. The highest BCUT2D eigenvalue weighted by molar-refractivity contribution is 6.17. The van der Waals surface area contributed by atoms with Crippen LogP contribution in [0.3, 0.4) is 0 Å². The van der Waals surface area contributed by atoms with Crippen LogP contribution in [-0.2, 0) is 0 Å². The Kier molecular flexibility index (Phi) is 7.91. The zero-order valence-electron chi connectivity index (χ0n) is 6.21. The van der Waals surface area contributed by atoms with Crippen molar-refractivity contribution in [2.24, 2.45) is 0 Å². The maximum absolute atomic E-state index is 5.44. The Morgan fingerprint density at radius 3 is 2.50 bits per heavy atom. The van der Waals surface area contributed by atoms with Gasteiger partial charge in [0.05, 0.1) is 0 Å². The second-order valence-corrected chi connectivity index (χ2v) is 2.13. The van der Waals surface area contributed by atoms with Gasteiger partial charge in [0, 0.05) is 18.7 Å². The molecule has 0 aliphatic heterocycles. The predicted octanol–water partition coefficient (Wildman–Crippen LogP) is 2.42. The molecule has 0 fully saturated rings. The van der Waals surface area contributed by atoms with Crippen LogP contribution in [-0.4, -0.2) is 5.88 Å². The largest absolute Gasteiger partial charge is 0.127 e. The molecule has 0 aromatic rings. The summed E-state index contributed by atoms with van der Waals surface area (Å²) >= 11 is 5.44. The van der Waals surface area contributed by atoms with E-state index < -0.39 is 0 Å². The Morgan fingerprint density at radius 1 is 1.20 bits per heavy atom. The number of alkyl halides is 1. The molecule has 0 saturated heterocycles. The summed E-state index contributed by atoms with van der Waals surface area (Å²) in [6.07, 6.45) is 2.70. The highest BCUT2D eigenvalue weighted by Gasteiger charge is 1.75. The first-order valence-corrected chi connectivity index (χ1v) is 3.97. The highest BCUT2D eigenvalue weighted by atomic mass is 35.5. The lowest BCUT2D eigenvalue weighted by Gasteiger charge is -1.79. The van der Waals surface area contributed by atoms with Gasteiger partial charge in [0.25, 0.3) is 0 Å². The topological polar surface area (TPSA) is 0 Å². The average Bonchev–Trinajstić information content (AvgIpc) is 1.97. The smallest absolute Gasteiger partial charge is 0.0232 e. The normalized spacial score (nSPS) is 7.00. The Balaban J connectivity index is 3.31. The van der Waals surface area contributed by atoms with Crippen molar-refractivity contribution in [3.63, 3.8) is 0 Å². The van der Waals surface area contributed by atoms with Crippen LogP contribution in [0.4, 0.5) is 0 Å². The summed E-state index contributed by atoms with van der Waals surface area (Å²) < 4.78 is 0. The van der Waals surface area contributed by atoms with Gasteiger partial charge in [-0.05, 0) is 18.3 Å². The lowest BCUT2D eigenvalue weighted by Crippen LogP contribution is -1.70. The minimum absolute atomic E-state index is 0.690. The van der Waals surface area contributed by atoms with Gasteiger partial charge in [0.2, 0.25) is 0 Å². The molecular weight excluding hydrogens is 144 g/mol. The summed E-state index contributed by atoms with van der Waals surface area (Å²) in [5.41, 5.74) is 0. The quantitative estimate of drug-likeness (QED) is 0.326. The fourth-order valence-electron chi connectivity index (χ4n) is 0.394. The SMILES string of the molecule is CCC#CC#CCCCCl. The van der Waals surface area contributed by atoms with E-state index in [0.717, 1.165) is 19.3 Å². The molecule has 0 aromatic heterocycles. The third-order valence-electron chi connectivity index (χ3n) is 0.851. The average molecular weight is 155 g/mol. The zero-order chi connectivity index (χ0) is 7.66. The zero-order valence-corrected chi connectivity index (χ0v) is 6.96. The standard InChI is InChI=1S/C9H11Cl/c1-2-3-4-5-6-7-8-9-10/h2,7-9H2,1H3. The third-order valence-corrected chi connectivity index (χ3v) is 1.12. The van der Waals surface area contributed by atoms with E-state index in [2.05, 4.69) is 23.7 Å². The fourth-order valence-corrected chi connectivity index (χ4v) is 0.528. The van der Waals surface area contributed by atoms with Crippen LogP contribution >= 0.6 is 11.6 Å². The minimum Gasteiger partial charge on any atom is -0.127 e. The van der Waals surface area contributed by atoms with E-state index in [4.69, 9.17) is 11.6 Å². The Labute approximate surface area is 68.0 Å². The molecule has 0 atom stereocenters. The number of hydrogen-bond acceptors (Lipinski definition) is 0. The number of halogens is 1. The molecule has 0 aliphatic carbocycles. The lowest BCUT2D eigenvalue weighted by atomic mass is 10.3. The first kappa shape index (κ1) is 9.41. The van der Waals surface area contributed by atoms with Gasteiger partial charge < -0.3 is 0 Å². The van der Waals surface area contributed by atoms with E-state index in [1.165, 1.54) is 0 Å². The fraction of sp³-hybridized carbons (Fsp3) is 0.556. The number of unbranched alkanes of at least 4 members (excludes halogenated alkanes) is 1. The van der Waals surface area contributed by atoms with Gasteiger partial charge >= 0.3 is 0 Å². The molecule has 0 unspecified atom stereocenters. The summed E-state index contributed by atoms with van der Waals surface area (Å²) in [5.74, 6) is 12.0. The summed E-state index contributed by atoms with van der Waals surface area (Å²) in [4.78, 5) is 0. The molecule has 10 heavy (non-hydrogen) atoms. The van der Waals surface area contributed by atoms with Gasteiger partial charge in [-0.3, -0.25) is 0 Å². The molecule has 0 bridgehead atoms. The molecule has 1 heteroatoms. The first-order valence-electron chi connectivity index (χ1n) is 3.43. The number of rotatable bonds is 2. The van der Waals surface area contributed by atoms with Crippen LogP contribution in [0.2, 0.25) is 0 Å². The van der Waals surface area contributed by atoms with E-state index in [1.54, 1.807) is 0 Å². The molecule has 0 heterocycles. The molecule has 0 rings (SSSR count). The summed E-state index contributed by atoms with van der Waals surface area (Å²) in [6, 6.07) is 0. The Bertz CT molecular complexity index is 172. The molecular formula is C9H11Cl. The summed E-state index contributed by atoms with van der Waals surface area (Å²) in [5, 5.41) is 0. The molecule has 0 radical (unpaired) electrons. The Hall–Kier alpha value is -0.590. The molecule has 54 valence electrons. The van der Waals surface area contributed by atoms with Crippen LogP contribution in [0.15, 0.2) is 0 Å². The van der Waals surface area contributed by atoms with Gasteiger partial charge in [0.1, 0.15) is 0 Å². The van der Waals surface area contributed by atoms with Gasteiger partial charge in [0.15, 0.2) is 0 Å². The molecule has 0 saturated carbocycles. The maximum Gasteiger partial charge on any atom is 0.0232 e. The number of hydrogen-bond donors (Lipinski definition) is 0. The molecule has 0 aromatic carbocycles. The van der Waals surface area contributed by atoms with Crippen LogP contribution < -0.4 is 0 Å². The van der Waals surface area contributed by atoms with Crippen molar-refractivity contribution in [3.8, 4) is 23.7 Å². The third kappa shape index (κ3) is 7.41. The van der Waals surface area contributed by atoms with Gasteiger partial charge in [-0.25, -0.2) is 0 Å².